The first kappa shape index (κ1) is 13.9. The van der Waals surface area contributed by atoms with Gasteiger partial charge in [-0.3, -0.25) is 4.79 Å². The molecule has 86 valence electrons. The first-order valence-corrected chi connectivity index (χ1v) is 5.60. The van der Waals surface area contributed by atoms with Crippen molar-refractivity contribution in [1.82, 2.24) is 0 Å². The van der Waals surface area contributed by atoms with E-state index in [2.05, 4.69) is 24.3 Å². The topological polar surface area (TPSA) is 26.3 Å². The van der Waals surface area contributed by atoms with Crippen LogP contribution in [0.25, 0.3) is 0 Å². The molecule has 0 N–H and O–H groups in total. The molecule has 0 saturated heterocycles. The zero-order valence-corrected chi connectivity index (χ0v) is 10.0. The van der Waals surface area contributed by atoms with Crippen molar-refractivity contribution in [2.45, 2.75) is 52.6 Å². The second-order valence-corrected chi connectivity index (χ2v) is 3.62. The number of allylic oxidation sites excluding steroid dienone is 4. The zero-order valence-electron chi connectivity index (χ0n) is 10.0. The van der Waals surface area contributed by atoms with Crippen LogP contribution < -0.4 is 0 Å². The summed E-state index contributed by atoms with van der Waals surface area (Å²) in [5, 5.41) is 0. The molecule has 2 heteroatoms. The fourth-order valence-electron chi connectivity index (χ4n) is 1.27. The van der Waals surface area contributed by atoms with E-state index in [1.165, 1.54) is 6.92 Å². The van der Waals surface area contributed by atoms with Crippen LogP contribution in [0.2, 0.25) is 0 Å². The molecule has 0 aliphatic heterocycles. The lowest BCUT2D eigenvalue weighted by Gasteiger charge is -2.09. The smallest absolute Gasteiger partial charge is 0.302 e. The molecular weight excluding hydrogens is 188 g/mol. The van der Waals surface area contributed by atoms with E-state index in [1.54, 1.807) is 0 Å². The van der Waals surface area contributed by atoms with Crippen molar-refractivity contribution in [3.8, 4) is 0 Å². The van der Waals surface area contributed by atoms with Crippen LogP contribution >= 0.6 is 0 Å². The van der Waals surface area contributed by atoms with Crippen LogP contribution in [0.1, 0.15) is 46.5 Å². The van der Waals surface area contributed by atoms with E-state index in [4.69, 9.17) is 4.74 Å². The molecule has 0 aliphatic rings. The Labute approximate surface area is 93.0 Å². The number of carbonyl (C=O) groups excluding carboxylic acids is 1. The molecule has 0 spiro atoms. The van der Waals surface area contributed by atoms with Gasteiger partial charge in [0.1, 0.15) is 0 Å². The number of hydrogen-bond acceptors (Lipinski definition) is 2. The number of rotatable bonds is 7. The number of esters is 1. The van der Waals surface area contributed by atoms with Crippen molar-refractivity contribution in [3.05, 3.63) is 24.3 Å². The van der Waals surface area contributed by atoms with Crippen molar-refractivity contribution >= 4 is 5.97 Å². The van der Waals surface area contributed by atoms with Gasteiger partial charge in [-0.05, 0) is 39.5 Å². The number of carbonyl (C=O) groups is 1. The Balaban J connectivity index is 3.39. The first-order valence-electron chi connectivity index (χ1n) is 5.60. The van der Waals surface area contributed by atoms with Crippen LogP contribution in [0.3, 0.4) is 0 Å². The van der Waals surface area contributed by atoms with E-state index >= 15 is 0 Å². The highest BCUT2D eigenvalue weighted by atomic mass is 16.5. The minimum absolute atomic E-state index is 0.0303. The number of ether oxygens (including phenoxy) is 1. The summed E-state index contributed by atoms with van der Waals surface area (Å²) >= 11 is 0. The van der Waals surface area contributed by atoms with E-state index in [-0.39, 0.29) is 12.1 Å². The molecule has 1 unspecified atom stereocenters. The van der Waals surface area contributed by atoms with Gasteiger partial charge in [0.2, 0.25) is 0 Å². The molecule has 15 heavy (non-hydrogen) atoms. The molecule has 0 bridgehead atoms. The van der Waals surface area contributed by atoms with Crippen LogP contribution in [-0.2, 0) is 9.53 Å². The van der Waals surface area contributed by atoms with Gasteiger partial charge in [-0.1, -0.05) is 24.3 Å². The van der Waals surface area contributed by atoms with Crippen molar-refractivity contribution in [3.63, 3.8) is 0 Å². The average Bonchev–Trinajstić information content (AvgIpc) is 2.15. The highest BCUT2D eigenvalue weighted by Crippen LogP contribution is 2.03. The van der Waals surface area contributed by atoms with Crippen LogP contribution in [-0.4, -0.2) is 12.1 Å². The summed E-state index contributed by atoms with van der Waals surface area (Å²) in [7, 11) is 0. The van der Waals surface area contributed by atoms with Crippen LogP contribution in [0, 0.1) is 0 Å². The highest BCUT2D eigenvalue weighted by Gasteiger charge is 2.02. The molecule has 0 heterocycles. The van der Waals surface area contributed by atoms with Crippen LogP contribution in [0.5, 0.6) is 0 Å². The maximum atomic E-state index is 10.6. The van der Waals surface area contributed by atoms with E-state index < -0.39 is 0 Å². The Kier molecular flexibility index (Phi) is 8.84. The maximum Gasteiger partial charge on any atom is 0.302 e. The van der Waals surface area contributed by atoms with Gasteiger partial charge in [0.05, 0.1) is 6.10 Å². The Morgan fingerprint density at radius 2 is 1.80 bits per heavy atom. The van der Waals surface area contributed by atoms with E-state index in [9.17, 15) is 4.79 Å². The van der Waals surface area contributed by atoms with E-state index in [1.807, 2.05) is 13.8 Å². The number of hydrogen-bond donors (Lipinski definition) is 0. The van der Waals surface area contributed by atoms with Crippen LogP contribution in [0.4, 0.5) is 0 Å². The number of unbranched alkanes of at least 4 members (excludes halogenated alkanes) is 1. The van der Waals surface area contributed by atoms with Gasteiger partial charge >= 0.3 is 5.97 Å². The molecule has 0 saturated carbocycles. The van der Waals surface area contributed by atoms with Crippen LogP contribution in [0.15, 0.2) is 24.3 Å². The van der Waals surface area contributed by atoms with Crippen molar-refractivity contribution in [2.24, 2.45) is 0 Å². The molecule has 2 nitrogen and oxygen atoms in total. The molecule has 0 aromatic rings. The Morgan fingerprint density at radius 1 is 1.20 bits per heavy atom. The Hall–Kier alpha value is -1.05. The van der Waals surface area contributed by atoms with Gasteiger partial charge in [-0.15, -0.1) is 0 Å². The molecule has 0 fully saturated rings. The van der Waals surface area contributed by atoms with Crippen molar-refractivity contribution in [2.75, 3.05) is 0 Å². The summed E-state index contributed by atoms with van der Waals surface area (Å²) in [5.74, 6) is -0.195. The summed E-state index contributed by atoms with van der Waals surface area (Å²) in [4.78, 5) is 10.6. The third-order valence-electron chi connectivity index (χ3n) is 2.01. The first-order chi connectivity index (χ1) is 7.16. The SMILES string of the molecule is C/C=C/CC/C=C/CCC(C)OC(C)=O. The quantitative estimate of drug-likeness (QED) is 0.364. The van der Waals surface area contributed by atoms with Crippen molar-refractivity contribution in [1.29, 1.82) is 0 Å². The maximum absolute atomic E-state index is 10.6. The molecular formula is C13H22O2. The molecule has 1 atom stereocenters. The standard InChI is InChI=1S/C13H22O2/c1-4-5-6-7-8-9-10-11-12(2)15-13(3)14/h4-5,8-9,12H,6-7,10-11H2,1-3H3/b5-4+,9-8+. The highest BCUT2D eigenvalue weighted by molar-refractivity contribution is 5.66. The van der Waals surface area contributed by atoms with Gasteiger partial charge in [0, 0.05) is 6.92 Å². The summed E-state index contributed by atoms with van der Waals surface area (Å²) in [6, 6.07) is 0. The fourth-order valence-corrected chi connectivity index (χ4v) is 1.27. The molecule has 0 aromatic heterocycles. The minimum Gasteiger partial charge on any atom is -0.463 e. The average molecular weight is 210 g/mol. The third-order valence-corrected chi connectivity index (χ3v) is 2.01. The van der Waals surface area contributed by atoms with Gasteiger partial charge in [-0.25, -0.2) is 0 Å². The molecule has 0 rings (SSSR count). The third kappa shape index (κ3) is 10.9. The second-order valence-electron chi connectivity index (χ2n) is 3.62. The predicted molar refractivity (Wildman–Crippen MR) is 63.7 cm³/mol. The predicted octanol–water partition coefficient (Wildman–Crippen LogP) is 3.63. The fraction of sp³-hybridized carbons (Fsp3) is 0.615. The largest absolute Gasteiger partial charge is 0.463 e. The summed E-state index contributed by atoms with van der Waals surface area (Å²) < 4.78 is 5.01. The zero-order chi connectivity index (χ0) is 11.5. The van der Waals surface area contributed by atoms with Gasteiger partial charge in [0.15, 0.2) is 0 Å². The molecule has 0 aliphatic carbocycles. The van der Waals surface area contributed by atoms with E-state index in [0.717, 1.165) is 25.7 Å². The molecule has 0 radical (unpaired) electrons. The molecule has 0 aromatic carbocycles. The normalized spacial score (nSPS) is 13.5. The lowest BCUT2D eigenvalue weighted by Crippen LogP contribution is -2.11. The van der Waals surface area contributed by atoms with Gasteiger partial charge in [-0.2, -0.15) is 0 Å². The van der Waals surface area contributed by atoms with Gasteiger partial charge in [0.25, 0.3) is 0 Å². The summed E-state index contributed by atoms with van der Waals surface area (Å²) in [5.41, 5.74) is 0. The second kappa shape index (κ2) is 9.50. The summed E-state index contributed by atoms with van der Waals surface area (Å²) in [6.07, 6.45) is 12.7. The Bertz CT molecular complexity index is 217. The monoisotopic (exact) mass is 210 g/mol. The molecule has 0 amide bonds. The van der Waals surface area contributed by atoms with E-state index in [0.29, 0.717) is 0 Å². The lowest BCUT2D eigenvalue weighted by atomic mass is 10.2. The summed E-state index contributed by atoms with van der Waals surface area (Å²) in [6.45, 7) is 5.41. The Morgan fingerprint density at radius 3 is 2.40 bits per heavy atom. The van der Waals surface area contributed by atoms with Crippen molar-refractivity contribution < 1.29 is 9.53 Å². The lowest BCUT2D eigenvalue weighted by molar-refractivity contribution is -0.145. The van der Waals surface area contributed by atoms with Gasteiger partial charge < -0.3 is 4.74 Å². The minimum atomic E-state index is -0.195.